The molecule has 0 aliphatic carbocycles. The highest BCUT2D eigenvalue weighted by Crippen LogP contribution is 2.34. The van der Waals surface area contributed by atoms with E-state index in [0.717, 1.165) is 29.5 Å². The average molecular weight is 395 g/mol. The Kier molecular flexibility index (Phi) is 5.85. The van der Waals surface area contributed by atoms with Gasteiger partial charge in [-0.3, -0.25) is 19.7 Å². The number of anilines is 1. The lowest BCUT2D eigenvalue weighted by Crippen LogP contribution is -2.16. The first-order valence-electron chi connectivity index (χ1n) is 7.52. The molecule has 2 aromatic rings. The molecule has 3 N–H and O–H groups in total. The van der Waals surface area contributed by atoms with E-state index in [2.05, 4.69) is 5.32 Å². The second-order valence-electron chi connectivity index (χ2n) is 5.22. The van der Waals surface area contributed by atoms with Crippen molar-refractivity contribution in [1.82, 2.24) is 0 Å². The topological polar surface area (TPSA) is 142 Å². The number of benzene rings is 1. The summed E-state index contributed by atoms with van der Waals surface area (Å²) in [4.78, 5) is 46.2. The Morgan fingerprint density at radius 3 is 2.59 bits per heavy atom. The zero-order valence-electron chi connectivity index (χ0n) is 14.2. The molecule has 1 heterocycles. The fraction of sp³-hybridized carbons (Fsp3) is 0.188. The summed E-state index contributed by atoms with van der Waals surface area (Å²) in [5, 5.41) is 13.0. The van der Waals surface area contributed by atoms with E-state index in [-0.39, 0.29) is 27.6 Å². The third-order valence-corrected chi connectivity index (χ3v) is 4.70. The molecule has 0 saturated heterocycles. The van der Waals surface area contributed by atoms with Crippen LogP contribution in [0.2, 0.25) is 0 Å². The van der Waals surface area contributed by atoms with Gasteiger partial charge in [0.15, 0.2) is 0 Å². The summed E-state index contributed by atoms with van der Waals surface area (Å²) in [6.07, 6.45) is 0. The lowest BCUT2D eigenvalue weighted by atomic mass is 10.1. The van der Waals surface area contributed by atoms with E-state index < -0.39 is 39.8 Å². The highest BCUT2D eigenvalue weighted by molar-refractivity contribution is 7.18. The molecule has 0 spiro atoms. The predicted octanol–water partition coefficient (Wildman–Crippen LogP) is 2.63. The normalized spacial score (nSPS) is 10.3. The smallest absolute Gasteiger partial charge is 0.341 e. The number of nitrogens with one attached hydrogen (secondary N) is 1. The molecule has 1 aromatic heterocycles. The van der Waals surface area contributed by atoms with Crippen molar-refractivity contribution in [1.29, 1.82) is 0 Å². The number of nitrogens with zero attached hydrogens (tertiary/aromatic N) is 1. The number of halogens is 1. The zero-order valence-corrected chi connectivity index (χ0v) is 15.0. The van der Waals surface area contributed by atoms with E-state index in [1.807, 2.05) is 0 Å². The molecule has 27 heavy (non-hydrogen) atoms. The van der Waals surface area contributed by atoms with Gasteiger partial charge in [0, 0.05) is 12.1 Å². The molecular formula is C16H14FN3O6S. The van der Waals surface area contributed by atoms with Crippen LogP contribution >= 0.6 is 11.3 Å². The van der Waals surface area contributed by atoms with E-state index in [4.69, 9.17) is 10.5 Å². The van der Waals surface area contributed by atoms with Gasteiger partial charge in [-0.1, -0.05) is 0 Å². The maximum absolute atomic E-state index is 13.9. The number of primary amides is 1. The predicted molar refractivity (Wildman–Crippen MR) is 94.5 cm³/mol. The number of thiophene rings is 1. The Balaban J connectivity index is 2.47. The summed E-state index contributed by atoms with van der Waals surface area (Å²) >= 11 is 0.724. The fourth-order valence-corrected chi connectivity index (χ4v) is 3.30. The molecule has 9 nitrogen and oxygen atoms in total. The SMILES string of the molecule is CCOC(=O)c1c(NC(=O)c2cc([N+](=O)[O-])ccc2F)sc(C(N)=O)c1C. The number of nitro benzene ring substituents is 1. The number of carbonyl (C=O) groups is 3. The van der Waals surface area contributed by atoms with Gasteiger partial charge in [-0.15, -0.1) is 11.3 Å². The van der Waals surface area contributed by atoms with Crippen LogP contribution in [0.15, 0.2) is 18.2 Å². The summed E-state index contributed by atoms with van der Waals surface area (Å²) in [6.45, 7) is 3.07. The number of amides is 2. The number of nitro groups is 1. The second kappa shape index (κ2) is 7.91. The molecule has 0 aliphatic heterocycles. The van der Waals surface area contributed by atoms with E-state index in [1.165, 1.54) is 6.92 Å². The minimum atomic E-state index is -1.03. The van der Waals surface area contributed by atoms with Crippen molar-refractivity contribution >= 4 is 39.8 Å². The largest absolute Gasteiger partial charge is 0.462 e. The molecule has 0 fully saturated rings. The van der Waals surface area contributed by atoms with Crippen LogP contribution in [-0.2, 0) is 4.74 Å². The van der Waals surface area contributed by atoms with Crippen LogP contribution in [0.4, 0.5) is 15.1 Å². The number of rotatable bonds is 6. The van der Waals surface area contributed by atoms with E-state index >= 15 is 0 Å². The van der Waals surface area contributed by atoms with Crippen molar-refractivity contribution in [2.75, 3.05) is 11.9 Å². The molecule has 1 aromatic carbocycles. The van der Waals surface area contributed by atoms with Gasteiger partial charge in [-0.05, 0) is 25.5 Å². The number of hydrogen-bond acceptors (Lipinski definition) is 7. The zero-order chi connectivity index (χ0) is 20.3. The summed E-state index contributed by atoms with van der Waals surface area (Å²) in [5.74, 6) is -3.63. The Morgan fingerprint density at radius 1 is 1.37 bits per heavy atom. The van der Waals surface area contributed by atoms with Crippen LogP contribution < -0.4 is 11.1 Å². The molecule has 2 amide bonds. The highest BCUT2D eigenvalue weighted by atomic mass is 32.1. The third kappa shape index (κ3) is 4.08. The molecule has 11 heteroatoms. The van der Waals surface area contributed by atoms with Crippen LogP contribution in [0.25, 0.3) is 0 Å². The van der Waals surface area contributed by atoms with Crippen molar-refractivity contribution in [2.45, 2.75) is 13.8 Å². The quantitative estimate of drug-likeness (QED) is 0.437. The maximum atomic E-state index is 13.9. The molecule has 0 saturated carbocycles. The molecule has 0 aliphatic rings. The van der Waals surface area contributed by atoms with Gasteiger partial charge in [0.2, 0.25) is 0 Å². The van der Waals surface area contributed by atoms with Gasteiger partial charge in [0.1, 0.15) is 10.8 Å². The lowest BCUT2D eigenvalue weighted by Gasteiger charge is -2.07. The first kappa shape index (κ1) is 20.0. The highest BCUT2D eigenvalue weighted by Gasteiger charge is 2.27. The molecule has 0 atom stereocenters. The summed E-state index contributed by atoms with van der Waals surface area (Å²) < 4.78 is 18.8. The van der Waals surface area contributed by atoms with E-state index in [9.17, 15) is 28.9 Å². The van der Waals surface area contributed by atoms with Crippen molar-refractivity contribution in [3.05, 3.63) is 55.7 Å². The van der Waals surface area contributed by atoms with Crippen LogP contribution in [-0.4, -0.2) is 29.3 Å². The van der Waals surface area contributed by atoms with Gasteiger partial charge in [-0.25, -0.2) is 9.18 Å². The van der Waals surface area contributed by atoms with Crippen molar-refractivity contribution in [3.8, 4) is 0 Å². The third-order valence-electron chi connectivity index (χ3n) is 3.48. The number of ether oxygens (including phenoxy) is 1. The van der Waals surface area contributed by atoms with Gasteiger partial charge in [-0.2, -0.15) is 0 Å². The minimum Gasteiger partial charge on any atom is -0.462 e. The molecule has 0 unspecified atom stereocenters. The van der Waals surface area contributed by atoms with Gasteiger partial charge >= 0.3 is 5.97 Å². The summed E-state index contributed by atoms with van der Waals surface area (Å²) in [7, 11) is 0. The number of carbonyl (C=O) groups excluding carboxylic acids is 3. The van der Waals surface area contributed by atoms with Crippen LogP contribution in [0.3, 0.4) is 0 Å². The fourth-order valence-electron chi connectivity index (χ4n) is 2.26. The van der Waals surface area contributed by atoms with Gasteiger partial charge in [0.25, 0.3) is 17.5 Å². The lowest BCUT2D eigenvalue weighted by molar-refractivity contribution is -0.384. The van der Waals surface area contributed by atoms with Crippen LogP contribution in [0.1, 0.15) is 42.9 Å². The standard InChI is InChI=1S/C16H14FN3O6S/c1-3-26-16(23)11-7(2)12(13(18)21)27-15(11)19-14(22)9-6-8(20(24)25)4-5-10(9)17/h4-6H,3H2,1-2H3,(H2,18,21)(H,19,22). The van der Waals surface area contributed by atoms with Crippen molar-refractivity contribution in [2.24, 2.45) is 5.73 Å². The Bertz CT molecular complexity index is 956. The van der Waals surface area contributed by atoms with Crippen LogP contribution in [0.5, 0.6) is 0 Å². The first-order chi connectivity index (χ1) is 12.7. The maximum Gasteiger partial charge on any atom is 0.341 e. The monoisotopic (exact) mass is 395 g/mol. The number of nitrogens with two attached hydrogens (primary N) is 1. The molecule has 2 rings (SSSR count). The van der Waals surface area contributed by atoms with E-state index in [1.54, 1.807) is 6.92 Å². The summed E-state index contributed by atoms with van der Waals surface area (Å²) in [5.41, 5.74) is 4.31. The Hall–Kier alpha value is -3.34. The first-order valence-corrected chi connectivity index (χ1v) is 8.34. The van der Waals surface area contributed by atoms with E-state index in [0.29, 0.717) is 0 Å². The van der Waals surface area contributed by atoms with Crippen molar-refractivity contribution < 1.29 is 28.4 Å². The number of hydrogen-bond donors (Lipinski definition) is 2. The summed E-state index contributed by atoms with van der Waals surface area (Å²) in [6, 6.07) is 2.47. The second-order valence-corrected chi connectivity index (χ2v) is 6.24. The molecular weight excluding hydrogens is 381 g/mol. The molecule has 142 valence electrons. The Morgan fingerprint density at radius 2 is 2.04 bits per heavy atom. The molecule has 0 radical (unpaired) electrons. The van der Waals surface area contributed by atoms with Gasteiger partial charge in [0.05, 0.1) is 27.5 Å². The minimum absolute atomic E-state index is 0.0212. The number of non-ortho nitro benzene ring substituents is 1. The Labute approximate surface area is 156 Å². The molecule has 0 bridgehead atoms. The van der Waals surface area contributed by atoms with Crippen LogP contribution in [0, 0.1) is 22.9 Å². The number of esters is 1. The van der Waals surface area contributed by atoms with Crippen molar-refractivity contribution in [3.63, 3.8) is 0 Å². The average Bonchev–Trinajstić information content (AvgIpc) is 2.91. The van der Waals surface area contributed by atoms with Gasteiger partial charge < -0.3 is 15.8 Å².